The van der Waals surface area contributed by atoms with Crippen molar-refractivity contribution in [1.29, 1.82) is 0 Å². The second-order valence-electron chi connectivity index (χ2n) is 3.76. The van der Waals surface area contributed by atoms with Crippen LogP contribution < -0.4 is 5.32 Å². The Morgan fingerprint density at radius 1 is 1.38 bits per heavy atom. The molecule has 0 spiro atoms. The molecule has 0 aliphatic carbocycles. The van der Waals surface area contributed by atoms with Gasteiger partial charge in [0.25, 0.3) is 0 Å². The van der Waals surface area contributed by atoms with Crippen LogP contribution in [-0.4, -0.2) is 20.2 Å². The van der Waals surface area contributed by atoms with E-state index in [-0.39, 0.29) is 6.04 Å². The molecule has 2 N–H and O–H groups in total. The standard InChI is InChI=1S/C11H15N5/c1-8-5-14-10(6-12-8)7-13-9(2)11-3-4-15-16-11/h3-6,9,13H,7H2,1-2H3,(H,15,16). The van der Waals surface area contributed by atoms with Crippen molar-refractivity contribution in [2.24, 2.45) is 0 Å². The lowest BCUT2D eigenvalue weighted by atomic mass is 10.2. The topological polar surface area (TPSA) is 66.5 Å². The summed E-state index contributed by atoms with van der Waals surface area (Å²) in [5.41, 5.74) is 2.95. The summed E-state index contributed by atoms with van der Waals surface area (Å²) in [6.45, 7) is 4.71. The first-order valence-electron chi connectivity index (χ1n) is 5.26. The van der Waals surface area contributed by atoms with E-state index in [1.54, 1.807) is 18.6 Å². The molecule has 1 atom stereocenters. The van der Waals surface area contributed by atoms with Gasteiger partial charge in [-0.15, -0.1) is 0 Å². The van der Waals surface area contributed by atoms with E-state index in [4.69, 9.17) is 0 Å². The molecule has 0 aliphatic heterocycles. The summed E-state index contributed by atoms with van der Waals surface area (Å²) in [4.78, 5) is 8.48. The maximum absolute atomic E-state index is 4.28. The number of rotatable bonds is 4. The molecule has 16 heavy (non-hydrogen) atoms. The lowest BCUT2D eigenvalue weighted by Gasteiger charge is -2.11. The maximum atomic E-state index is 4.28. The van der Waals surface area contributed by atoms with Gasteiger partial charge < -0.3 is 5.32 Å². The van der Waals surface area contributed by atoms with Crippen molar-refractivity contribution in [3.8, 4) is 0 Å². The van der Waals surface area contributed by atoms with Crippen molar-refractivity contribution < 1.29 is 0 Å². The summed E-state index contributed by atoms with van der Waals surface area (Å²) in [7, 11) is 0. The van der Waals surface area contributed by atoms with Gasteiger partial charge in [0.1, 0.15) is 0 Å². The minimum atomic E-state index is 0.227. The molecule has 0 aliphatic rings. The van der Waals surface area contributed by atoms with E-state index in [2.05, 4.69) is 32.4 Å². The molecule has 2 aromatic rings. The van der Waals surface area contributed by atoms with Crippen LogP contribution in [0, 0.1) is 6.92 Å². The van der Waals surface area contributed by atoms with Crippen molar-refractivity contribution in [2.45, 2.75) is 26.4 Å². The number of aromatic nitrogens is 4. The number of aryl methyl sites for hydroxylation is 1. The largest absolute Gasteiger partial charge is 0.303 e. The minimum Gasteiger partial charge on any atom is -0.303 e. The van der Waals surface area contributed by atoms with Crippen LogP contribution in [-0.2, 0) is 6.54 Å². The van der Waals surface area contributed by atoms with E-state index in [1.807, 2.05) is 13.0 Å². The van der Waals surface area contributed by atoms with Crippen LogP contribution in [0.2, 0.25) is 0 Å². The third-order valence-corrected chi connectivity index (χ3v) is 2.41. The van der Waals surface area contributed by atoms with Crippen molar-refractivity contribution >= 4 is 0 Å². The van der Waals surface area contributed by atoms with Gasteiger partial charge in [-0.3, -0.25) is 15.1 Å². The fourth-order valence-electron chi connectivity index (χ4n) is 1.39. The summed E-state index contributed by atoms with van der Waals surface area (Å²) >= 11 is 0. The first-order valence-corrected chi connectivity index (χ1v) is 5.26. The first-order chi connectivity index (χ1) is 7.75. The number of H-pyrrole nitrogens is 1. The van der Waals surface area contributed by atoms with Gasteiger partial charge in [-0.2, -0.15) is 5.10 Å². The van der Waals surface area contributed by atoms with E-state index in [0.29, 0.717) is 6.54 Å². The van der Waals surface area contributed by atoms with E-state index < -0.39 is 0 Å². The Hall–Kier alpha value is -1.75. The highest BCUT2D eigenvalue weighted by molar-refractivity contribution is 5.05. The Morgan fingerprint density at radius 2 is 2.25 bits per heavy atom. The van der Waals surface area contributed by atoms with E-state index >= 15 is 0 Å². The van der Waals surface area contributed by atoms with Crippen LogP contribution in [0.5, 0.6) is 0 Å². The first kappa shape index (κ1) is 10.8. The Labute approximate surface area is 94.3 Å². The average molecular weight is 217 g/mol. The van der Waals surface area contributed by atoms with Crippen LogP contribution in [0.1, 0.15) is 30.0 Å². The number of nitrogens with zero attached hydrogens (tertiary/aromatic N) is 3. The molecule has 2 heterocycles. The number of hydrogen-bond donors (Lipinski definition) is 2. The molecule has 5 heteroatoms. The van der Waals surface area contributed by atoms with Crippen LogP contribution in [0.25, 0.3) is 0 Å². The van der Waals surface area contributed by atoms with Crippen molar-refractivity contribution in [1.82, 2.24) is 25.5 Å². The fourth-order valence-corrected chi connectivity index (χ4v) is 1.39. The fraction of sp³-hybridized carbons (Fsp3) is 0.364. The van der Waals surface area contributed by atoms with Gasteiger partial charge >= 0.3 is 0 Å². The Kier molecular flexibility index (Phi) is 3.26. The average Bonchev–Trinajstić information content (AvgIpc) is 2.81. The Balaban J connectivity index is 1.90. The molecule has 0 aromatic carbocycles. The quantitative estimate of drug-likeness (QED) is 0.811. The molecule has 0 radical (unpaired) electrons. The monoisotopic (exact) mass is 217 g/mol. The highest BCUT2D eigenvalue weighted by Gasteiger charge is 2.05. The normalized spacial score (nSPS) is 12.6. The van der Waals surface area contributed by atoms with Gasteiger partial charge in [-0.05, 0) is 19.9 Å². The molecular weight excluding hydrogens is 202 g/mol. The summed E-state index contributed by atoms with van der Waals surface area (Å²) < 4.78 is 0. The van der Waals surface area contributed by atoms with E-state index in [0.717, 1.165) is 17.1 Å². The van der Waals surface area contributed by atoms with Gasteiger partial charge in [0.2, 0.25) is 0 Å². The Bertz CT molecular complexity index is 420. The van der Waals surface area contributed by atoms with Gasteiger partial charge in [-0.25, -0.2) is 0 Å². The molecule has 0 saturated carbocycles. The molecule has 2 aromatic heterocycles. The van der Waals surface area contributed by atoms with E-state index in [9.17, 15) is 0 Å². The van der Waals surface area contributed by atoms with Crippen molar-refractivity contribution in [3.63, 3.8) is 0 Å². The number of hydrogen-bond acceptors (Lipinski definition) is 4. The SMILES string of the molecule is Cc1cnc(CNC(C)c2ccn[nH]2)cn1. The van der Waals surface area contributed by atoms with Gasteiger partial charge in [0.05, 0.1) is 17.1 Å². The molecule has 0 amide bonds. The van der Waals surface area contributed by atoms with Crippen LogP contribution >= 0.6 is 0 Å². The second-order valence-corrected chi connectivity index (χ2v) is 3.76. The van der Waals surface area contributed by atoms with Crippen LogP contribution in [0.4, 0.5) is 0 Å². The zero-order valence-electron chi connectivity index (χ0n) is 9.44. The molecule has 0 saturated heterocycles. The molecule has 0 bridgehead atoms. The number of aromatic amines is 1. The van der Waals surface area contributed by atoms with Crippen molar-refractivity contribution in [2.75, 3.05) is 0 Å². The predicted molar refractivity (Wildman–Crippen MR) is 60.6 cm³/mol. The van der Waals surface area contributed by atoms with E-state index in [1.165, 1.54) is 0 Å². The van der Waals surface area contributed by atoms with Crippen LogP contribution in [0.15, 0.2) is 24.7 Å². The van der Waals surface area contributed by atoms with Gasteiger partial charge in [0, 0.05) is 31.2 Å². The summed E-state index contributed by atoms with van der Waals surface area (Å²) in [5.74, 6) is 0. The molecule has 2 rings (SSSR count). The maximum Gasteiger partial charge on any atom is 0.0724 e. The zero-order valence-corrected chi connectivity index (χ0v) is 9.44. The van der Waals surface area contributed by atoms with Crippen molar-refractivity contribution in [3.05, 3.63) is 41.7 Å². The molecular formula is C11H15N5. The lowest BCUT2D eigenvalue weighted by Crippen LogP contribution is -2.19. The zero-order chi connectivity index (χ0) is 11.4. The highest BCUT2D eigenvalue weighted by atomic mass is 15.1. The summed E-state index contributed by atoms with van der Waals surface area (Å²) in [6.07, 6.45) is 5.32. The predicted octanol–water partition coefficient (Wildman–Crippen LogP) is 1.36. The Morgan fingerprint density at radius 3 is 2.88 bits per heavy atom. The number of nitrogens with one attached hydrogen (secondary N) is 2. The third-order valence-electron chi connectivity index (χ3n) is 2.41. The minimum absolute atomic E-state index is 0.227. The summed E-state index contributed by atoms with van der Waals surface area (Å²) in [5, 5.41) is 10.2. The van der Waals surface area contributed by atoms with Gasteiger partial charge in [0.15, 0.2) is 0 Å². The van der Waals surface area contributed by atoms with Crippen LogP contribution in [0.3, 0.4) is 0 Å². The molecule has 0 fully saturated rings. The second kappa shape index (κ2) is 4.85. The summed E-state index contributed by atoms with van der Waals surface area (Å²) in [6, 6.07) is 2.18. The molecule has 84 valence electrons. The smallest absolute Gasteiger partial charge is 0.0724 e. The lowest BCUT2D eigenvalue weighted by molar-refractivity contribution is 0.552. The molecule has 1 unspecified atom stereocenters. The molecule has 5 nitrogen and oxygen atoms in total. The third kappa shape index (κ3) is 2.64. The van der Waals surface area contributed by atoms with Gasteiger partial charge in [-0.1, -0.05) is 0 Å². The highest BCUT2D eigenvalue weighted by Crippen LogP contribution is 2.07.